The molecule has 0 bridgehead atoms. The number of hydrogen-bond donors (Lipinski definition) is 1. The largest absolute Gasteiger partial charge is 0.339 e. The highest BCUT2D eigenvalue weighted by Gasteiger charge is 2.23. The van der Waals surface area contributed by atoms with Gasteiger partial charge in [0.15, 0.2) is 0 Å². The molecule has 23 heavy (non-hydrogen) atoms. The predicted molar refractivity (Wildman–Crippen MR) is 86.7 cm³/mol. The van der Waals surface area contributed by atoms with E-state index in [9.17, 15) is 4.79 Å². The van der Waals surface area contributed by atoms with Crippen molar-refractivity contribution in [3.63, 3.8) is 0 Å². The second kappa shape index (κ2) is 6.87. The van der Waals surface area contributed by atoms with Gasteiger partial charge in [-0.2, -0.15) is 4.80 Å². The quantitative estimate of drug-likeness (QED) is 0.906. The van der Waals surface area contributed by atoms with Gasteiger partial charge in [0.05, 0.1) is 0 Å². The predicted octanol–water partition coefficient (Wildman–Crippen LogP) is 0.859. The van der Waals surface area contributed by atoms with E-state index >= 15 is 0 Å². The maximum atomic E-state index is 12.4. The molecule has 1 N–H and O–H groups in total. The van der Waals surface area contributed by atoms with Crippen LogP contribution in [-0.2, 0) is 11.3 Å². The van der Waals surface area contributed by atoms with E-state index in [1.807, 2.05) is 43.1 Å². The molecule has 0 radical (unpaired) electrons. The van der Waals surface area contributed by atoms with E-state index in [0.29, 0.717) is 11.9 Å². The lowest BCUT2D eigenvalue weighted by molar-refractivity contribution is -0.133. The van der Waals surface area contributed by atoms with Gasteiger partial charge in [0.25, 0.3) is 0 Å². The molecule has 1 aromatic carbocycles. The van der Waals surface area contributed by atoms with Gasteiger partial charge >= 0.3 is 0 Å². The molecule has 1 unspecified atom stereocenters. The van der Waals surface area contributed by atoms with Crippen molar-refractivity contribution in [2.45, 2.75) is 32.4 Å². The van der Waals surface area contributed by atoms with E-state index in [4.69, 9.17) is 0 Å². The van der Waals surface area contributed by atoms with E-state index in [1.54, 1.807) is 0 Å². The van der Waals surface area contributed by atoms with Crippen molar-refractivity contribution in [2.75, 3.05) is 20.1 Å². The van der Waals surface area contributed by atoms with Crippen molar-refractivity contribution in [1.82, 2.24) is 30.4 Å². The summed E-state index contributed by atoms with van der Waals surface area (Å²) in [5, 5.41) is 15.6. The molecular formula is C16H22N6O. The normalized spacial score (nSPS) is 18.2. The Balaban J connectivity index is 1.64. The molecule has 0 saturated carbocycles. The van der Waals surface area contributed by atoms with Crippen molar-refractivity contribution in [3.05, 3.63) is 29.8 Å². The molecule has 2 aromatic rings. The van der Waals surface area contributed by atoms with Gasteiger partial charge in [-0.3, -0.25) is 4.79 Å². The molecule has 1 aliphatic heterocycles. The van der Waals surface area contributed by atoms with Crippen LogP contribution in [0.3, 0.4) is 0 Å². The molecule has 7 nitrogen and oxygen atoms in total. The fraction of sp³-hybridized carbons (Fsp3) is 0.500. The summed E-state index contributed by atoms with van der Waals surface area (Å²) in [6.45, 7) is 3.71. The molecule has 1 atom stereocenters. The Morgan fingerprint density at radius 2 is 2.13 bits per heavy atom. The number of nitrogens with one attached hydrogen (secondary N) is 1. The standard InChI is InChI=1S/C16H22N6O/c1-12-5-7-13(8-6-12)16-18-20-22(19-16)11-15(23)21-9-3-4-14(10-21)17-2/h5-8,14,17H,3-4,9-11H2,1-2H3. The number of likely N-dealkylation sites (N-methyl/N-ethyl adjacent to an activating group) is 1. The van der Waals surface area contributed by atoms with E-state index < -0.39 is 0 Å². The van der Waals surface area contributed by atoms with Gasteiger partial charge in [0.1, 0.15) is 6.54 Å². The average molecular weight is 314 g/mol. The first-order valence-electron chi connectivity index (χ1n) is 7.95. The Morgan fingerprint density at radius 3 is 2.87 bits per heavy atom. The van der Waals surface area contributed by atoms with Crippen molar-refractivity contribution in [2.24, 2.45) is 0 Å². The minimum atomic E-state index is 0.0396. The molecule has 1 fully saturated rings. The van der Waals surface area contributed by atoms with Crippen LogP contribution < -0.4 is 5.32 Å². The van der Waals surface area contributed by atoms with Crippen LogP contribution in [0, 0.1) is 6.92 Å². The Morgan fingerprint density at radius 1 is 1.35 bits per heavy atom. The fourth-order valence-electron chi connectivity index (χ4n) is 2.79. The number of hydrogen-bond acceptors (Lipinski definition) is 5. The summed E-state index contributed by atoms with van der Waals surface area (Å²) in [4.78, 5) is 15.6. The van der Waals surface area contributed by atoms with E-state index in [-0.39, 0.29) is 12.5 Å². The van der Waals surface area contributed by atoms with Crippen LogP contribution in [0.25, 0.3) is 11.4 Å². The monoisotopic (exact) mass is 314 g/mol. The number of rotatable bonds is 4. The topological polar surface area (TPSA) is 75.9 Å². The number of aromatic nitrogens is 4. The molecule has 1 aliphatic rings. The van der Waals surface area contributed by atoms with Crippen LogP contribution in [0.15, 0.2) is 24.3 Å². The van der Waals surface area contributed by atoms with Crippen molar-refractivity contribution in [3.8, 4) is 11.4 Å². The van der Waals surface area contributed by atoms with Gasteiger partial charge < -0.3 is 10.2 Å². The Bertz CT molecular complexity index is 665. The maximum Gasteiger partial charge on any atom is 0.246 e. The summed E-state index contributed by atoms with van der Waals surface area (Å²) in [6, 6.07) is 8.31. The second-order valence-electron chi connectivity index (χ2n) is 5.98. The third kappa shape index (κ3) is 3.73. The number of carbonyl (C=O) groups excluding carboxylic acids is 1. The van der Waals surface area contributed by atoms with Crippen LogP contribution in [0.2, 0.25) is 0 Å². The Kier molecular flexibility index (Phi) is 4.66. The van der Waals surface area contributed by atoms with E-state index in [0.717, 1.165) is 31.5 Å². The van der Waals surface area contributed by atoms with Crippen molar-refractivity contribution < 1.29 is 4.79 Å². The molecule has 0 spiro atoms. The lowest BCUT2D eigenvalue weighted by Gasteiger charge is -2.32. The number of piperidine rings is 1. The third-order valence-electron chi connectivity index (χ3n) is 4.22. The molecule has 122 valence electrons. The number of likely N-dealkylation sites (tertiary alicyclic amines) is 1. The summed E-state index contributed by atoms with van der Waals surface area (Å²) in [6.07, 6.45) is 2.13. The Hall–Kier alpha value is -2.28. The molecule has 3 rings (SSSR count). The first-order valence-corrected chi connectivity index (χ1v) is 7.95. The molecule has 2 heterocycles. The molecular weight excluding hydrogens is 292 g/mol. The number of carbonyl (C=O) groups is 1. The zero-order chi connectivity index (χ0) is 16.2. The summed E-state index contributed by atoms with van der Waals surface area (Å²) in [5.41, 5.74) is 2.09. The zero-order valence-electron chi connectivity index (χ0n) is 13.6. The number of amides is 1. The number of nitrogens with zero attached hydrogens (tertiary/aromatic N) is 5. The summed E-state index contributed by atoms with van der Waals surface area (Å²) in [5.74, 6) is 0.586. The number of benzene rings is 1. The lowest BCUT2D eigenvalue weighted by Crippen LogP contribution is -2.48. The second-order valence-corrected chi connectivity index (χ2v) is 5.98. The molecule has 1 saturated heterocycles. The summed E-state index contributed by atoms with van der Waals surface area (Å²) >= 11 is 0. The highest BCUT2D eigenvalue weighted by atomic mass is 16.2. The zero-order valence-corrected chi connectivity index (χ0v) is 13.6. The van der Waals surface area contributed by atoms with Gasteiger partial charge in [-0.25, -0.2) is 0 Å². The average Bonchev–Trinajstić information content (AvgIpc) is 3.04. The SMILES string of the molecule is CNC1CCCN(C(=O)Cn2nnc(-c3ccc(C)cc3)n2)C1. The smallest absolute Gasteiger partial charge is 0.246 e. The minimum Gasteiger partial charge on any atom is -0.339 e. The van der Waals surface area contributed by atoms with Gasteiger partial charge in [-0.15, -0.1) is 10.2 Å². The molecule has 1 aromatic heterocycles. The highest BCUT2D eigenvalue weighted by Crippen LogP contribution is 2.14. The van der Waals surface area contributed by atoms with Gasteiger partial charge in [0.2, 0.25) is 11.7 Å². The number of tetrazole rings is 1. The summed E-state index contributed by atoms with van der Waals surface area (Å²) in [7, 11) is 1.94. The van der Waals surface area contributed by atoms with Gasteiger partial charge in [0, 0.05) is 24.7 Å². The van der Waals surface area contributed by atoms with Crippen LogP contribution >= 0.6 is 0 Å². The van der Waals surface area contributed by atoms with E-state index in [1.165, 1.54) is 10.4 Å². The molecule has 7 heteroatoms. The van der Waals surface area contributed by atoms with Gasteiger partial charge in [-0.05, 0) is 32.0 Å². The van der Waals surface area contributed by atoms with Crippen molar-refractivity contribution >= 4 is 5.91 Å². The van der Waals surface area contributed by atoms with Crippen LogP contribution in [-0.4, -0.2) is 57.2 Å². The maximum absolute atomic E-state index is 12.4. The molecule has 0 aliphatic carbocycles. The lowest BCUT2D eigenvalue weighted by atomic mass is 10.1. The third-order valence-corrected chi connectivity index (χ3v) is 4.22. The minimum absolute atomic E-state index is 0.0396. The van der Waals surface area contributed by atoms with Crippen LogP contribution in [0.1, 0.15) is 18.4 Å². The summed E-state index contributed by atoms with van der Waals surface area (Å²) < 4.78 is 0. The Labute approximate surface area is 135 Å². The van der Waals surface area contributed by atoms with Crippen molar-refractivity contribution in [1.29, 1.82) is 0 Å². The van der Waals surface area contributed by atoms with Crippen LogP contribution in [0.5, 0.6) is 0 Å². The number of aryl methyl sites for hydroxylation is 1. The first kappa shape index (κ1) is 15.6. The fourth-order valence-corrected chi connectivity index (χ4v) is 2.79. The van der Waals surface area contributed by atoms with E-state index in [2.05, 4.69) is 20.7 Å². The first-order chi connectivity index (χ1) is 11.2. The molecule has 1 amide bonds. The van der Waals surface area contributed by atoms with Crippen LogP contribution in [0.4, 0.5) is 0 Å². The highest BCUT2D eigenvalue weighted by molar-refractivity contribution is 5.76. The van der Waals surface area contributed by atoms with Gasteiger partial charge in [-0.1, -0.05) is 29.8 Å².